The van der Waals surface area contributed by atoms with Crippen LogP contribution in [0.4, 0.5) is 5.69 Å². The average Bonchev–Trinajstić information content (AvgIpc) is 2.25. The number of hydrogen-bond acceptors (Lipinski definition) is 3. The van der Waals surface area contributed by atoms with Gasteiger partial charge in [-0.1, -0.05) is 12.1 Å². The Hall–Kier alpha value is -2.02. The Kier molecular flexibility index (Phi) is 3.69. The minimum absolute atomic E-state index is 0.0657. The maximum atomic E-state index is 10.4. The van der Waals surface area contributed by atoms with Crippen LogP contribution in [-0.2, 0) is 4.79 Å². The molecule has 0 spiro atoms. The van der Waals surface area contributed by atoms with E-state index in [2.05, 4.69) is 6.07 Å². The number of benzene rings is 1. The van der Waals surface area contributed by atoms with Gasteiger partial charge in [-0.2, -0.15) is 5.26 Å². The summed E-state index contributed by atoms with van der Waals surface area (Å²) in [5, 5.41) is 17.4. The number of nitriles is 1. The van der Waals surface area contributed by atoms with Gasteiger partial charge in [0, 0.05) is 13.6 Å². The molecule has 0 aliphatic rings. The predicted molar refractivity (Wildman–Crippen MR) is 56.7 cm³/mol. The van der Waals surface area contributed by atoms with Crippen LogP contribution in [0.25, 0.3) is 0 Å². The lowest BCUT2D eigenvalue weighted by Gasteiger charge is -2.19. The topological polar surface area (TPSA) is 64.3 Å². The zero-order valence-corrected chi connectivity index (χ0v) is 8.47. The Morgan fingerprint density at radius 3 is 2.80 bits per heavy atom. The number of carboxylic acids is 1. The molecular formula is C11H12N2O2. The van der Waals surface area contributed by atoms with E-state index in [0.29, 0.717) is 12.1 Å². The number of nitrogens with zero attached hydrogens (tertiary/aromatic N) is 2. The highest BCUT2D eigenvalue weighted by Crippen LogP contribution is 2.17. The summed E-state index contributed by atoms with van der Waals surface area (Å²) in [7, 11) is 1.78. The van der Waals surface area contributed by atoms with Gasteiger partial charge >= 0.3 is 5.97 Å². The maximum absolute atomic E-state index is 10.4. The Labute approximate surface area is 88.4 Å². The van der Waals surface area contributed by atoms with E-state index in [1.807, 2.05) is 6.07 Å². The molecule has 0 aromatic heterocycles. The van der Waals surface area contributed by atoms with Crippen molar-refractivity contribution in [3.63, 3.8) is 0 Å². The zero-order valence-electron chi connectivity index (χ0n) is 8.47. The van der Waals surface area contributed by atoms with Gasteiger partial charge in [0.25, 0.3) is 0 Å². The normalized spacial score (nSPS) is 9.33. The Balaban J connectivity index is 2.77. The molecule has 15 heavy (non-hydrogen) atoms. The van der Waals surface area contributed by atoms with Gasteiger partial charge in [-0.15, -0.1) is 0 Å². The lowest BCUT2D eigenvalue weighted by atomic mass is 10.2. The lowest BCUT2D eigenvalue weighted by molar-refractivity contribution is -0.136. The van der Waals surface area contributed by atoms with E-state index in [0.717, 1.165) is 5.69 Å². The highest BCUT2D eigenvalue weighted by molar-refractivity contribution is 5.68. The molecule has 1 aromatic carbocycles. The first-order valence-corrected chi connectivity index (χ1v) is 4.57. The quantitative estimate of drug-likeness (QED) is 0.806. The number of carboxylic acid groups (broad SMARTS) is 1. The molecule has 4 nitrogen and oxygen atoms in total. The smallest absolute Gasteiger partial charge is 0.305 e. The number of anilines is 1. The van der Waals surface area contributed by atoms with Crippen molar-refractivity contribution >= 4 is 11.7 Å². The van der Waals surface area contributed by atoms with Crippen molar-refractivity contribution in [2.75, 3.05) is 18.5 Å². The molecule has 0 fully saturated rings. The summed E-state index contributed by atoms with van der Waals surface area (Å²) in [6.07, 6.45) is 0.0657. The third kappa shape index (κ3) is 2.99. The standard InChI is InChI=1S/C11H12N2O2/c1-13(7-6-11(14)15)10-5-3-2-4-9(10)8-12/h2-5H,6-7H2,1H3,(H,14,15). The number of aliphatic carboxylic acids is 1. The molecule has 0 unspecified atom stereocenters. The number of rotatable bonds is 4. The zero-order chi connectivity index (χ0) is 11.3. The Bertz CT molecular complexity index is 396. The highest BCUT2D eigenvalue weighted by Gasteiger charge is 2.07. The molecule has 0 amide bonds. The predicted octanol–water partition coefficient (Wildman–Crippen LogP) is 1.47. The van der Waals surface area contributed by atoms with Crippen molar-refractivity contribution in [3.8, 4) is 6.07 Å². The fraction of sp³-hybridized carbons (Fsp3) is 0.273. The second-order valence-corrected chi connectivity index (χ2v) is 3.19. The molecule has 1 rings (SSSR count). The highest BCUT2D eigenvalue weighted by atomic mass is 16.4. The van der Waals surface area contributed by atoms with Gasteiger partial charge in [0.2, 0.25) is 0 Å². The summed E-state index contributed by atoms with van der Waals surface area (Å²) in [5.41, 5.74) is 1.33. The second-order valence-electron chi connectivity index (χ2n) is 3.19. The molecular weight excluding hydrogens is 192 g/mol. The van der Waals surface area contributed by atoms with Gasteiger partial charge in [-0.25, -0.2) is 0 Å². The summed E-state index contributed by atoms with van der Waals surface area (Å²) in [4.78, 5) is 12.2. The minimum atomic E-state index is -0.837. The van der Waals surface area contributed by atoms with Crippen molar-refractivity contribution in [2.24, 2.45) is 0 Å². The van der Waals surface area contributed by atoms with E-state index in [1.54, 1.807) is 30.1 Å². The largest absolute Gasteiger partial charge is 0.481 e. The first kappa shape index (κ1) is 11.1. The number of hydrogen-bond donors (Lipinski definition) is 1. The second kappa shape index (κ2) is 5.01. The summed E-state index contributed by atoms with van der Waals surface area (Å²) in [6, 6.07) is 9.21. The van der Waals surface area contributed by atoms with Crippen LogP contribution in [0.15, 0.2) is 24.3 Å². The van der Waals surface area contributed by atoms with Crippen LogP contribution < -0.4 is 4.90 Å². The van der Waals surface area contributed by atoms with Crippen molar-refractivity contribution in [3.05, 3.63) is 29.8 Å². The molecule has 0 radical (unpaired) electrons. The molecule has 0 heterocycles. The van der Waals surface area contributed by atoms with Crippen LogP contribution in [0, 0.1) is 11.3 Å². The molecule has 0 saturated heterocycles. The van der Waals surface area contributed by atoms with Crippen LogP contribution in [0.1, 0.15) is 12.0 Å². The van der Waals surface area contributed by atoms with Crippen molar-refractivity contribution in [1.82, 2.24) is 0 Å². The van der Waals surface area contributed by atoms with Gasteiger partial charge in [-0.3, -0.25) is 4.79 Å². The molecule has 4 heteroatoms. The van der Waals surface area contributed by atoms with E-state index < -0.39 is 5.97 Å². The molecule has 0 atom stereocenters. The van der Waals surface area contributed by atoms with Gasteiger partial charge < -0.3 is 10.0 Å². The molecule has 1 aromatic rings. The van der Waals surface area contributed by atoms with Crippen LogP contribution in [0.2, 0.25) is 0 Å². The average molecular weight is 204 g/mol. The SMILES string of the molecule is CN(CCC(=O)O)c1ccccc1C#N. The summed E-state index contributed by atoms with van der Waals surface area (Å²) >= 11 is 0. The van der Waals surface area contributed by atoms with Crippen LogP contribution >= 0.6 is 0 Å². The molecule has 0 bridgehead atoms. The Morgan fingerprint density at radius 1 is 1.53 bits per heavy atom. The van der Waals surface area contributed by atoms with E-state index >= 15 is 0 Å². The fourth-order valence-electron chi connectivity index (χ4n) is 1.28. The van der Waals surface area contributed by atoms with Gasteiger partial charge in [0.15, 0.2) is 0 Å². The molecule has 0 saturated carbocycles. The molecule has 0 aliphatic heterocycles. The first-order valence-electron chi connectivity index (χ1n) is 4.57. The van der Waals surface area contributed by atoms with Gasteiger partial charge in [0.05, 0.1) is 17.7 Å². The Morgan fingerprint density at radius 2 is 2.20 bits per heavy atom. The monoisotopic (exact) mass is 204 g/mol. The van der Waals surface area contributed by atoms with Crippen molar-refractivity contribution in [2.45, 2.75) is 6.42 Å². The van der Waals surface area contributed by atoms with E-state index in [-0.39, 0.29) is 6.42 Å². The maximum Gasteiger partial charge on any atom is 0.305 e. The minimum Gasteiger partial charge on any atom is -0.481 e. The molecule has 0 aliphatic carbocycles. The van der Waals surface area contributed by atoms with Crippen LogP contribution in [0.5, 0.6) is 0 Å². The lowest BCUT2D eigenvalue weighted by Crippen LogP contribution is -2.21. The number of carbonyl (C=O) groups is 1. The summed E-state index contributed by atoms with van der Waals surface area (Å²) in [6.45, 7) is 0.397. The van der Waals surface area contributed by atoms with Gasteiger partial charge in [-0.05, 0) is 12.1 Å². The third-order valence-electron chi connectivity index (χ3n) is 2.10. The van der Waals surface area contributed by atoms with E-state index in [1.165, 1.54) is 0 Å². The number of para-hydroxylation sites is 1. The van der Waals surface area contributed by atoms with Crippen LogP contribution in [0.3, 0.4) is 0 Å². The van der Waals surface area contributed by atoms with Gasteiger partial charge in [0.1, 0.15) is 6.07 Å². The summed E-state index contributed by atoms with van der Waals surface area (Å²) < 4.78 is 0. The summed E-state index contributed by atoms with van der Waals surface area (Å²) in [5.74, 6) is -0.837. The molecule has 78 valence electrons. The van der Waals surface area contributed by atoms with Crippen molar-refractivity contribution < 1.29 is 9.90 Å². The van der Waals surface area contributed by atoms with Crippen LogP contribution in [-0.4, -0.2) is 24.7 Å². The van der Waals surface area contributed by atoms with E-state index in [9.17, 15) is 4.79 Å². The molecule has 1 N–H and O–H groups in total. The first-order chi connectivity index (χ1) is 7.15. The fourth-order valence-corrected chi connectivity index (χ4v) is 1.28. The van der Waals surface area contributed by atoms with E-state index in [4.69, 9.17) is 10.4 Å². The van der Waals surface area contributed by atoms with Crippen molar-refractivity contribution in [1.29, 1.82) is 5.26 Å². The third-order valence-corrected chi connectivity index (χ3v) is 2.10.